The predicted molar refractivity (Wildman–Crippen MR) is 118 cm³/mol. The smallest absolute Gasteiger partial charge is 0.338 e. The van der Waals surface area contributed by atoms with Crippen molar-refractivity contribution in [2.45, 2.75) is 19.9 Å². The molecule has 0 aromatic heterocycles. The largest absolute Gasteiger partial charge is 0.463 e. The minimum absolute atomic E-state index is 0.0594. The Morgan fingerprint density at radius 2 is 1.82 bits per heavy atom. The van der Waals surface area contributed by atoms with E-state index in [0.29, 0.717) is 16.1 Å². The van der Waals surface area contributed by atoms with Gasteiger partial charge in [0, 0.05) is 16.7 Å². The zero-order chi connectivity index (χ0) is 24.1. The van der Waals surface area contributed by atoms with E-state index in [9.17, 15) is 24.5 Å². The number of halogens is 1. The summed E-state index contributed by atoms with van der Waals surface area (Å²) in [5.41, 5.74) is 0.961. The lowest BCUT2D eigenvalue weighted by molar-refractivity contribution is -0.385. The number of benzene rings is 2. The summed E-state index contributed by atoms with van der Waals surface area (Å²) < 4.78 is 10.4. The zero-order valence-corrected chi connectivity index (χ0v) is 18.5. The molecule has 0 fully saturated rings. The summed E-state index contributed by atoms with van der Waals surface area (Å²) in [7, 11) is 0. The van der Waals surface area contributed by atoms with Crippen molar-refractivity contribution in [2.75, 3.05) is 13.2 Å². The molecule has 0 bridgehead atoms. The molecule has 172 valence electrons. The van der Waals surface area contributed by atoms with E-state index in [-0.39, 0.29) is 29.1 Å². The van der Waals surface area contributed by atoms with Crippen LogP contribution in [0, 0.1) is 17.0 Å². The number of amides is 2. The number of nitro groups is 1. The molecule has 2 N–H and O–H groups in total. The van der Waals surface area contributed by atoms with E-state index in [4.69, 9.17) is 21.1 Å². The standard InChI is InChI=1S/C22H20ClN3O7/c1-3-32-21(28)18-16(24-22(29)25-19(18)13-4-7-15(23)8-5-13)11-33-20(27)14-6-9-17(26(30)31)12(2)10-14/h4-10,19H,3,11H2,1-2H3,(H2,24,25,29). The van der Waals surface area contributed by atoms with Crippen LogP contribution in [0.3, 0.4) is 0 Å². The first-order chi connectivity index (χ1) is 15.7. The Labute approximate surface area is 193 Å². The maximum atomic E-state index is 12.7. The first kappa shape index (κ1) is 23.7. The van der Waals surface area contributed by atoms with Crippen molar-refractivity contribution in [1.29, 1.82) is 0 Å². The SMILES string of the molecule is CCOC(=O)C1=C(COC(=O)c2ccc([N+](=O)[O-])c(C)c2)NC(=O)NC1c1ccc(Cl)cc1. The average molecular weight is 474 g/mol. The molecule has 1 atom stereocenters. The summed E-state index contributed by atoms with van der Waals surface area (Å²) in [5, 5.41) is 16.6. The van der Waals surface area contributed by atoms with Gasteiger partial charge in [0.05, 0.1) is 34.4 Å². The van der Waals surface area contributed by atoms with E-state index in [2.05, 4.69) is 10.6 Å². The van der Waals surface area contributed by atoms with Gasteiger partial charge in [-0.15, -0.1) is 0 Å². The summed E-state index contributed by atoms with van der Waals surface area (Å²) in [6, 6.07) is 8.89. The van der Waals surface area contributed by atoms with Crippen molar-refractivity contribution in [3.8, 4) is 0 Å². The number of ether oxygens (including phenoxy) is 2. The number of hydrogen-bond donors (Lipinski definition) is 2. The summed E-state index contributed by atoms with van der Waals surface area (Å²) in [6.07, 6.45) is 0. The number of aryl methyl sites for hydroxylation is 1. The first-order valence-corrected chi connectivity index (χ1v) is 10.2. The second-order valence-electron chi connectivity index (χ2n) is 7.03. The number of nitrogens with one attached hydrogen (secondary N) is 2. The Hall–Kier alpha value is -3.92. The van der Waals surface area contributed by atoms with Crippen molar-refractivity contribution in [2.24, 2.45) is 0 Å². The Morgan fingerprint density at radius 3 is 2.42 bits per heavy atom. The Morgan fingerprint density at radius 1 is 1.12 bits per heavy atom. The van der Waals surface area contributed by atoms with Crippen LogP contribution in [0.2, 0.25) is 5.02 Å². The molecular weight excluding hydrogens is 454 g/mol. The predicted octanol–water partition coefficient (Wildman–Crippen LogP) is 3.58. The molecule has 0 saturated heterocycles. The summed E-state index contributed by atoms with van der Waals surface area (Å²) >= 11 is 5.94. The summed E-state index contributed by atoms with van der Waals surface area (Å²) in [6.45, 7) is 2.81. The molecule has 33 heavy (non-hydrogen) atoms. The fourth-order valence-electron chi connectivity index (χ4n) is 3.30. The Bertz CT molecular complexity index is 1150. The Kier molecular flexibility index (Phi) is 7.29. The maximum Gasteiger partial charge on any atom is 0.338 e. The highest BCUT2D eigenvalue weighted by Crippen LogP contribution is 2.29. The Balaban J connectivity index is 1.90. The topological polar surface area (TPSA) is 137 Å². The average Bonchev–Trinajstić information content (AvgIpc) is 2.77. The molecule has 0 saturated carbocycles. The number of nitrogens with zero attached hydrogens (tertiary/aromatic N) is 1. The van der Waals surface area contributed by atoms with Crippen molar-refractivity contribution in [3.05, 3.63) is 85.6 Å². The van der Waals surface area contributed by atoms with Gasteiger partial charge in [-0.1, -0.05) is 23.7 Å². The normalized spacial score (nSPS) is 15.4. The molecule has 2 amide bonds. The molecule has 0 aliphatic carbocycles. The highest BCUT2D eigenvalue weighted by Gasteiger charge is 2.34. The van der Waals surface area contributed by atoms with Gasteiger partial charge < -0.3 is 20.1 Å². The maximum absolute atomic E-state index is 12.7. The van der Waals surface area contributed by atoms with Crippen LogP contribution in [-0.4, -0.2) is 36.1 Å². The van der Waals surface area contributed by atoms with Crippen LogP contribution in [-0.2, 0) is 14.3 Å². The van der Waals surface area contributed by atoms with E-state index in [1.165, 1.54) is 25.1 Å². The molecule has 3 rings (SSSR count). The van der Waals surface area contributed by atoms with Gasteiger partial charge in [0.2, 0.25) is 0 Å². The number of hydrogen-bond acceptors (Lipinski definition) is 7. The lowest BCUT2D eigenvalue weighted by atomic mass is 9.95. The third kappa shape index (κ3) is 5.47. The monoisotopic (exact) mass is 473 g/mol. The fraction of sp³-hybridized carbons (Fsp3) is 0.227. The molecule has 0 spiro atoms. The lowest BCUT2D eigenvalue weighted by Gasteiger charge is -2.29. The van der Waals surface area contributed by atoms with Gasteiger partial charge in [-0.2, -0.15) is 0 Å². The van der Waals surface area contributed by atoms with Gasteiger partial charge in [-0.3, -0.25) is 10.1 Å². The molecule has 1 unspecified atom stereocenters. The highest BCUT2D eigenvalue weighted by atomic mass is 35.5. The quantitative estimate of drug-likeness (QED) is 0.356. The van der Waals surface area contributed by atoms with Crippen LogP contribution in [0.5, 0.6) is 0 Å². The number of urea groups is 1. The highest BCUT2D eigenvalue weighted by molar-refractivity contribution is 6.30. The number of rotatable bonds is 7. The molecule has 10 nitrogen and oxygen atoms in total. The number of carbonyl (C=O) groups is 3. The van der Waals surface area contributed by atoms with Crippen molar-refractivity contribution in [3.63, 3.8) is 0 Å². The van der Waals surface area contributed by atoms with Crippen LogP contribution in [0.25, 0.3) is 0 Å². The second-order valence-corrected chi connectivity index (χ2v) is 7.47. The van der Waals surface area contributed by atoms with E-state index in [1.54, 1.807) is 31.2 Å². The van der Waals surface area contributed by atoms with Crippen LogP contribution >= 0.6 is 11.6 Å². The van der Waals surface area contributed by atoms with E-state index >= 15 is 0 Å². The fourth-order valence-corrected chi connectivity index (χ4v) is 3.42. The third-order valence-corrected chi connectivity index (χ3v) is 5.08. The van der Waals surface area contributed by atoms with Gasteiger partial charge in [-0.25, -0.2) is 14.4 Å². The molecule has 0 radical (unpaired) electrons. The van der Waals surface area contributed by atoms with Crippen molar-refractivity contribution < 1.29 is 28.8 Å². The minimum atomic E-state index is -0.856. The van der Waals surface area contributed by atoms with Gasteiger partial charge in [0.25, 0.3) is 5.69 Å². The van der Waals surface area contributed by atoms with Crippen molar-refractivity contribution in [1.82, 2.24) is 10.6 Å². The minimum Gasteiger partial charge on any atom is -0.463 e. The summed E-state index contributed by atoms with van der Waals surface area (Å²) in [5.74, 6) is -1.47. The molecule has 2 aromatic carbocycles. The van der Waals surface area contributed by atoms with Crippen molar-refractivity contribution >= 4 is 35.3 Å². The van der Waals surface area contributed by atoms with Gasteiger partial charge in [0.15, 0.2) is 0 Å². The number of carbonyl (C=O) groups excluding carboxylic acids is 3. The van der Waals surface area contributed by atoms with Crippen LogP contribution in [0.4, 0.5) is 10.5 Å². The first-order valence-electron chi connectivity index (χ1n) is 9.86. The van der Waals surface area contributed by atoms with E-state index in [0.717, 1.165) is 0 Å². The molecule has 1 heterocycles. The lowest BCUT2D eigenvalue weighted by Crippen LogP contribution is -2.47. The van der Waals surface area contributed by atoms with Crippen LogP contribution < -0.4 is 10.6 Å². The number of esters is 2. The van der Waals surface area contributed by atoms with Crippen LogP contribution in [0.15, 0.2) is 53.7 Å². The third-order valence-electron chi connectivity index (χ3n) is 4.83. The zero-order valence-electron chi connectivity index (χ0n) is 17.7. The van der Waals surface area contributed by atoms with Gasteiger partial charge in [-0.05, 0) is 43.7 Å². The van der Waals surface area contributed by atoms with Crippen LogP contribution in [0.1, 0.15) is 34.5 Å². The molecule has 1 aliphatic heterocycles. The molecule has 1 aliphatic rings. The summed E-state index contributed by atoms with van der Waals surface area (Å²) in [4.78, 5) is 47.9. The van der Waals surface area contributed by atoms with E-state index in [1.807, 2.05) is 0 Å². The number of nitro benzene ring substituents is 1. The second kappa shape index (κ2) is 10.1. The van der Waals surface area contributed by atoms with Gasteiger partial charge in [0.1, 0.15) is 6.61 Å². The molecule has 11 heteroatoms. The molecule has 2 aromatic rings. The van der Waals surface area contributed by atoms with Gasteiger partial charge >= 0.3 is 18.0 Å². The van der Waals surface area contributed by atoms with E-state index < -0.39 is 35.5 Å². The molecular formula is C22H20ClN3O7.